The van der Waals surface area contributed by atoms with Gasteiger partial charge in [0, 0.05) is 70.7 Å². The van der Waals surface area contributed by atoms with Crippen LogP contribution in [0.3, 0.4) is 0 Å². The molecule has 3 heterocycles. The molecule has 1 fully saturated rings. The van der Waals surface area contributed by atoms with E-state index in [1.54, 1.807) is 18.3 Å². The number of piperidine rings is 1. The Bertz CT molecular complexity index is 1980. The minimum absolute atomic E-state index is 0.142. The van der Waals surface area contributed by atoms with Crippen molar-refractivity contribution in [3.8, 4) is 5.69 Å². The fourth-order valence-electron chi connectivity index (χ4n) is 6.34. The van der Waals surface area contributed by atoms with Crippen molar-refractivity contribution in [1.29, 1.82) is 0 Å². The highest BCUT2D eigenvalue weighted by Crippen LogP contribution is 2.31. The molecule has 9 nitrogen and oxygen atoms in total. The van der Waals surface area contributed by atoms with Gasteiger partial charge in [0.2, 0.25) is 0 Å². The number of carbonyl (C=O) groups excluding carboxylic acids is 2. The van der Waals surface area contributed by atoms with Crippen LogP contribution in [0.5, 0.6) is 0 Å². The van der Waals surface area contributed by atoms with Gasteiger partial charge in [0.05, 0.1) is 23.5 Å². The standard InChI is InChI=1S/C36H36N6O3/c1-36(41-19-14-31(43)15-20-41)16-11-25(12-17-36)35(45)39-29-6-10-33-27(22-29)23-37-42(33)30-7-3-24(4-8-30)34(44)38-28-5-9-32-26(21-28)13-18-40(32)2/h3-13,16,18,21-23,31,43H,14-15,17,19-20H2,1-2H3,(H,38,44)(H,39,45). The van der Waals surface area contributed by atoms with Gasteiger partial charge in [0.1, 0.15) is 0 Å². The number of likely N-dealkylation sites (tertiary alicyclic amines) is 1. The Morgan fingerprint density at radius 1 is 0.889 bits per heavy atom. The van der Waals surface area contributed by atoms with Crippen molar-refractivity contribution < 1.29 is 14.7 Å². The van der Waals surface area contributed by atoms with E-state index >= 15 is 0 Å². The van der Waals surface area contributed by atoms with Crippen molar-refractivity contribution in [2.75, 3.05) is 23.7 Å². The molecule has 5 aromatic rings. The first-order chi connectivity index (χ1) is 21.8. The zero-order chi connectivity index (χ0) is 31.1. The quantitative estimate of drug-likeness (QED) is 0.228. The van der Waals surface area contributed by atoms with E-state index < -0.39 is 0 Å². The van der Waals surface area contributed by atoms with Gasteiger partial charge in [-0.1, -0.05) is 18.2 Å². The normalized spacial score (nSPS) is 19.1. The molecule has 45 heavy (non-hydrogen) atoms. The Kier molecular flexibility index (Phi) is 7.35. The molecule has 0 spiro atoms. The molecule has 1 aliphatic carbocycles. The molecule has 3 N–H and O–H groups in total. The second kappa shape index (κ2) is 11.5. The molecule has 1 aliphatic heterocycles. The zero-order valence-electron chi connectivity index (χ0n) is 25.4. The number of carbonyl (C=O) groups is 2. The molecule has 2 aliphatic rings. The van der Waals surface area contributed by atoms with Crippen LogP contribution in [-0.2, 0) is 11.8 Å². The van der Waals surface area contributed by atoms with Gasteiger partial charge in [-0.3, -0.25) is 14.5 Å². The number of nitrogens with zero attached hydrogens (tertiary/aromatic N) is 4. The first-order valence-electron chi connectivity index (χ1n) is 15.3. The lowest BCUT2D eigenvalue weighted by Gasteiger charge is -2.43. The van der Waals surface area contributed by atoms with Crippen LogP contribution in [0.4, 0.5) is 11.4 Å². The number of aliphatic hydroxyl groups is 1. The lowest BCUT2D eigenvalue weighted by atomic mass is 9.86. The maximum Gasteiger partial charge on any atom is 0.255 e. The number of fused-ring (bicyclic) bond motifs is 2. The number of aliphatic hydroxyl groups excluding tert-OH is 1. The Morgan fingerprint density at radius 2 is 1.58 bits per heavy atom. The Labute approximate surface area is 261 Å². The maximum absolute atomic E-state index is 13.1. The molecule has 9 heteroatoms. The summed E-state index contributed by atoms with van der Waals surface area (Å²) in [7, 11) is 2.00. The fraction of sp³-hybridized carbons (Fsp3) is 0.250. The lowest BCUT2D eigenvalue weighted by Crippen LogP contribution is -2.50. The Hall–Kier alpha value is -4.99. The topological polar surface area (TPSA) is 104 Å². The molecular formula is C36H36N6O3. The molecule has 2 amide bonds. The summed E-state index contributed by atoms with van der Waals surface area (Å²) in [5, 5.41) is 22.4. The van der Waals surface area contributed by atoms with Crippen molar-refractivity contribution >= 4 is 45.0 Å². The highest BCUT2D eigenvalue weighted by molar-refractivity contribution is 6.07. The van der Waals surface area contributed by atoms with Crippen molar-refractivity contribution in [3.05, 3.63) is 108 Å². The average Bonchev–Trinajstić information content (AvgIpc) is 3.64. The molecule has 2 aromatic heterocycles. The highest BCUT2D eigenvalue weighted by atomic mass is 16.3. The predicted octanol–water partition coefficient (Wildman–Crippen LogP) is 5.81. The van der Waals surface area contributed by atoms with Crippen LogP contribution in [0.2, 0.25) is 0 Å². The van der Waals surface area contributed by atoms with Gasteiger partial charge >= 0.3 is 0 Å². The Morgan fingerprint density at radius 3 is 2.29 bits per heavy atom. The predicted molar refractivity (Wildman–Crippen MR) is 178 cm³/mol. The first kappa shape index (κ1) is 28.8. The summed E-state index contributed by atoms with van der Waals surface area (Å²) in [5.74, 6) is -0.326. The van der Waals surface area contributed by atoms with Gasteiger partial charge in [-0.25, -0.2) is 4.68 Å². The van der Waals surface area contributed by atoms with Gasteiger partial charge in [0.15, 0.2) is 0 Å². The molecule has 0 bridgehead atoms. The van der Waals surface area contributed by atoms with Crippen molar-refractivity contribution in [1.82, 2.24) is 19.2 Å². The molecule has 228 valence electrons. The van der Waals surface area contributed by atoms with E-state index in [-0.39, 0.29) is 23.5 Å². The fourth-order valence-corrected chi connectivity index (χ4v) is 6.34. The average molecular weight is 601 g/mol. The number of hydrogen-bond acceptors (Lipinski definition) is 5. The number of anilines is 2. The van der Waals surface area contributed by atoms with E-state index in [0.29, 0.717) is 16.8 Å². The second-order valence-corrected chi connectivity index (χ2v) is 12.3. The minimum Gasteiger partial charge on any atom is -0.393 e. The number of benzene rings is 3. The number of rotatable bonds is 6. The van der Waals surface area contributed by atoms with Crippen LogP contribution in [-0.4, -0.2) is 60.9 Å². The van der Waals surface area contributed by atoms with E-state index in [4.69, 9.17) is 0 Å². The van der Waals surface area contributed by atoms with Crippen LogP contribution in [0, 0.1) is 0 Å². The SMILES string of the molecule is Cn1ccc2cc(NC(=O)c3ccc(-n4ncc5cc(NC(=O)C6=CCC(C)(N7CCC(O)CC7)C=C6)ccc54)cc3)ccc21. The molecule has 1 atom stereocenters. The summed E-state index contributed by atoms with van der Waals surface area (Å²) in [6, 6.07) is 21.0. The van der Waals surface area contributed by atoms with Crippen molar-refractivity contribution in [2.45, 2.75) is 37.8 Å². The second-order valence-electron chi connectivity index (χ2n) is 12.3. The van der Waals surface area contributed by atoms with Crippen LogP contribution in [0.1, 0.15) is 36.5 Å². The van der Waals surface area contributed by atoms with Crippen LogP contribution < -0.4 is 10.6 Å². The summed E-state index contributed by atoms with van der Waals surface area (Å²) in [5.41, 5.74) is 5.32. The van der Waals surface area contributed by atoms with Crippen molar-refractivity contribution in [2.24, 2.45) is 7.05 Å². The van der Waals surface area contributed by atoms with Gasteiger partial charge < -0.3 is 20.3 Å². The third-order valence-electron chi connectivity index (χ3n) is 9.15. The molecule has 1 saturated heterocycles. The molecule has 0 saturated carbocycles. The number of hydrogen-bond donors (Lipinski definition) is 3. The summed E-state index contributed by atoms with van der Waals surface area (Å²) in [6.45, 7) is 3.90. The molecule has 1 unspecified atom stereocenters. The minimum atomic E-state index is -0.209. The largest absolute Gasteiger partial charge is 0.393 e. The number of amides is 2. The summed E-state index contributed by atoms with van der Waals surface area (Å²) < 4.78 is 3.86. The van der Waals surface area contributed by atoms with Crippen LogP contribution in [0.15, 0.2) is 103 Å². The van der Waals surface area contributed by atoms with E-state index in [1.807, 2.05) is 89.2 Å². The summed E-state index contributed by atoms with van der Waals surface area (Å²) >= 11 is 0. The van der Waals surface area contributed by atoms with E-state index in [9.17, 15) is 14.7 Å². The Balaban J connectivity index is 0.999. The highest BCUT2D eigenvalue weighted by Gasteiger charge is 2.33. The maximum atomic E-state index is 13.1. The number of nitrogens with one attached hydrogen (secondary N) is 2. The third kappa shape index (κ3) is 5.68. The molecule has 7 rings (SSSR count). The van der Waals surface area contributed by atoms with E-state index in [2.05, 4.69) is 33.6 Å². The molecule has 0 radical (unpaired) electrons. The first-order valence-corrected chi connectivity index (χ1v) is 15.3. The van der Waals surface area contributed by atoms with Gasteiger partial charge in [0.25, 0.3) is 11.8 Å². The number of aryl methyl sites for hydroxylation is 1. The van der Waals surface area contributed by atoms with Gasteiger partial charge in [-0.2, -0.15) is 5.10 Å². The monoisotopic (exact) mass is 600 g/mol. The number of aromatic nitrogens is 3. The lowest BCUT2D eigenvalue weighted by molar-refractivity contribution is -0.112. The summed E-state index contributed by atoms with van der Waals surface area (Å²) in [4.78, 5) is 28.4. The zero-order valence-corrected chi connectivity index (χ0v) is 25.4. The smallest absolute Gasteiger partial charge is 0.255 e. The molecular weight excluding hydrogens is 564 g/mol. The van der Waals surface area contributed by atoms with Gasteiger partial charge in [-0.05, 0) is 92.9 Å². The van der Waals surface area contributed by atoms with E-state index in [0.717, 1.165) is 65.5 Å². The van der Waals surface area contributed by atoms with Crippen LogP contribution in [0.25, 0.3) is 27.5 Å². The van der Waals surface area contributed by atoms with E-state index in [1.165, 1.54) is 0 Å². The summed E-state index contributed by atoms with van der Waals surface area (Å²) in [6.07, 6.45) is 11.9. The molecule has 3 aromatic carbocycles. The van der Waals surface area contributed by atoms with Crippen LogP contribution >= 0.6 is 0 Å². The van der Waals surface area contributed by atoms with Crippen molar-refractivity contribution in [3.63, 3.8) is 0 Å². The third-order valence-corrected chi connectivity index (χ3v) is 9.15. The van der Waals surface area contributed by atoms with Gasteiger partial charge in [-0.15, -0.1) is 0 Å².